The predicted molar refractivity (Wildman–Crippen MR) is 139 cm³/mol. The lowest BCUT2D eigenvalue weighted by atomic mass is 9.35. The summed E-state index contributed by atoms with van der Waals surface area (Å²) in [4.78, 5) is 2.23. The van der Waals surface area contributed by atoms with Gasteiger partial charge in [-0.1, -0.05) is 60.7 Å². The summed E-state index contributed by atoms with van der Waals surface area (Å²) in [6.07, 6.45) is 0. The molecular formula is C30H18BNO3. The highest BCUT2D eigenvalue weighted by Crippen LogP contribution is 2.53. The molecule has 4 nitrogen and oxygen atoms in total. The monoisotopic (exact) mass is 451 g/mol. The lowest BCUT2D eigenvalue weighted by Crippen LogP contribution is -2.57. The molecule has 35 heavy (non-hydrogen) atoms. The third kappa shape index (κ3) is 2.58. The van der Waals surface area contributed by atoms with Crippen LogP contribution < -0.4 is 35.5 Å². The number of para-hydroxylation sites is 6. The summed E-state index contributed by atoms with van der Waals surface area (Å²) >= 11 is 0. The second kappa shape index (κ2) is 6.94. The smallest absolute Gasteiger partial charge is 0.260 e. The second-order valence-corrected chi connectivity index (χ2v) is 8.91. The minimum absolute atomic E-state index is 0.0291. The van der Waals surface area contributed by atoms with Gasteiger partial charge >= 0.3 is 0 Å². The quantitative estimate of drug-likeness (QED) is 0.287. The van der Waals surface area contributed by atoms with Crippen LogP contribution in [0.15, 0.2) is 109 Å². The van der Waals surface area contributed by atoms with Crippen LogP contribution in [-0.4, -0.2) is 6.71 Å². The van der Waals surface area contributed by atoms with Crippen molar-refractivity contribution < 1.29 is 14.2 Å². The third-order valence-corrected chi connectivity index (χ3v) is 6.99. The van der Waals surface area contributed by atoms with E-state index in [4.69, 9.17) is 14.2 Å². The highest BCUT2D eigenvalue weighted by Gasteiger charge is 2.42. The van der Waals surface area contributed by atoms with Gasteiger partial charge in [-0.3, -0.25) is 4.90 Å². The Morgan fingerprint density at radius 1 is 0.429 bits per heavy atom. The van der Waals surface area contributed by atoms with Gasteiger partial charge in [0.2, 0.25) is 0 Å². The summed E-state index contributed by atoms with van der Waals surface area (Å²) < 4.78 is 19.3. The summed E-state index contributed by atoms with van der Waals surface area (Å²) in [7, 11) is 0. The maximum atomic E-state index is 6.69. The Kier molecular flexibility index (Phi) is 3.72. The van der Waals surface area contributed by atoms with Crippen LogP contribution in [-0.2, 0) is 0 Å². The largest absolute Gasteiger partial charge is 0.458 e. The molecular weight excluding hydrogens is 433 g/mol. The van der Waals surface area contributed by atoms with Crippen molar-refractivity contribution in [2.75, 3.05) is 4.90 Å². The van der Waals surface area contributed by atoms with E-state index >= 15 is 0 Å². The van der Waals surface area contributed by atoms with Gasteiger partial charge in [-0.2, -0.15) is 0 Å². The molecule has 0 spiro atoms. The van der Waals surface area contributed by atoms with E-state index in [9.17, 15) is 0 Å². The van der Waals surface area contributed by atoms with Crippen LogP contribution in [0.3, 0.4) is 0 Å². The Hall–Kier alpha value is -4.64. The first-order valence-electron chi connectivity index (χ1n) is 11.7. The SMILES string of the molecule is c1ccc2c(c1)Oc1ccc(N3c4ccccc4Oc4ccccc43)c3c1B2c1ccccc1O3. The van der Waals surface area contributed by atoms with E-state index < -0.39 is 0 Å². The summed E-state index contributed by atoms with van der Waals surface area (Å²) in [6.45, 7) is 0.0291. The van der Waals surface area contributed by atoms with E-state index in [-0.39, 0.29) is 6.71 Å². The lowest BCUT2D eigenvalue weighted by molar-refractivity contribution is 0.463. The van der Waals surface area contributed by atoms with Gasteiger partial charge in [-0.15, -0.1) is 0 Å². The fourth-order valence-electron chi connectivity index (χ4n) is 5.51. The summed E-state index contributed by atoms with van der Waals surface area (Å²) in [6, 6.07) is 37.0. The maximum absolute atomic E-state index is 6.69. The number of ether oxygens (including phenoxy) is 3. The van der Waals surface area contributed by atoms with Gasteiger partial charge in [0.15, 0.2) is 11.5 Å². The Labute approximate surface area is 203 Å². The van der Waals surface area contributed by atoms with Crippen molar-refractivity contribution in [2.24, 2.45) is 0 Å². The zero-order valence-electron chi connectivity index (χ0n) is 18.6. The van der Waals surface area contributed by atoms with Crippen molar-refractivity contribution in [3.8, 4) is 34.5 Å². The molecule has 0 bridgehead atoms. The predicted octanol–water partition coefficient (Wildman–Crippen LogP) is 5.99. The minimum Gasteiger partial charge on any atom is -0.458 e. The Morgan fingerprint density at radius 3 is 1.60 bits per heavy atom. The standard InChI is InChI=1S/C30H18BNO3/c1-5-13-24-19(9-1)31-20-10-2-6-14-25(20)35-30-23(17-18-28(33-24)29(30)31)32-21-11-3-7-15-26(21)34-27-16-8-4-12-22(27)32/h1-18H. The van der Waals surface area contributed by atoms with Gasteiger partial charge in [0, 0.05) is 5.46 Å². The van der Waals surface area contributed by atoms with Crippen molar-refractivity contribution in [3.05, 3.63) is 109 Å². The molecule has 3 aliphatic rings. The van der Waals surface area contributed by atoms with E-state index in [1.807, 2.05) is 60.7 Å². The fourth-order valence-corrected chi connectivity index (χ4v) is 5.51. The van der Waals surface area contributed by atoms with E-state index in [1.54, 1.807) is 0 Å². The topological polar surface area (TPSA) is 30.9 Å². The first-order valence-corrected chi connectivity index (χ1v) is 11.7. The number of hydrogen-bond donors (Lipinski definition) is 0. The van der Waals surface area contributed by atoms with Crippen LogP contribution in [0.25, 0.3) is 0 Å². The number of benzene rings is 5. The van der Waals surface area contributed by atoms with Gasteiger partial charge in [0.25, 0.3) is 6.71 Å². The number of anilines is 3. The highest BCUT2D eigenvalue weighted by molar-refractivity contribution is 6.98. The van der Waals surface area contributed by atoms with E-state index in [1.165, 1.54) is 0 Å². The number of hydrogen-bond acceptors (Lipinski definition) is 4. The zero-order valence-corrected chi connectivity index (χ0v) is 18.6. The highest BCUT2D eigenvalue weighted by atomic mass is 16.5. The summed E-state index contributed by atoms with van der Waals surface area (Å²) in [5, 5.41) is 0. The lowest BCUT2D eigenvalue weighted by Gasteiger charge is -2.38. The minimum atomic E-state index is 0.0291. The first-order chi connectivity index (χ1) is 17.4. The van der Waals surface area contributed by atoms with Crippen LogP contribution in [0.5, 0.6) is 34.5 Å². The van der Waals surface area contributed by atoms with Crippen molar-refractivity contribution in [2.45, 2.75) is 0 Å². The Bertz CT molecular complexity index is 1610. The Balaban J connectivity index is 1.42. The first kappa shape index (κ1) is 18.8. The number of fused-ring (bicyclic) bond motifs is 6. The van der Waals surface area contributed by atoms with Crippen LogP contribution in [0.1, 0.15) is 0 Å². The van der Waals surface area contributed by atoms with E-state index in [2.05, 4.69) is 53.4 Å². The molecule has 0 saturated carbocycles. The van der Waals surface area contributed by atoms with Crippen molar-refractivity contribution >= 4 is 40.2 Å². The molecule has 3 heterocycles. The molecule has 0 N–H and O–H groups in total. The molecule has 5 aromatic carbocycles. The van der Waals surface area contributed by atoms with Crippen molar-refractivity contribution in [3.63, 3.8) is 0 Å². The van der Waals surface area contributed by atoms with Gasteiger partial charge < -0.3 is 14.2 Å². The zero-order chi connectivity index (χ0) is 22.9. The molecule has 0 fully saturated rings. The fraction of sp³-hybridized carbons (Fsp3) is 0. The molecule has 3 aliphatic heterocycles. The number of rotatable bonds is 1. The molecule has 0 aromatic heterocycles. The summed E-state index contributed by atoms with van der Waals surface area (Å²) in [5.41, 5.74) is 6.25. The molecule has 8 rings (SSSR count). The summed E-state index contributed by atoms with van der Waals surface area (Å²) in [5.74, 6) is 5.03. The van der Waals surface area contributed by atoms with E-state index in [0.717, 1.165) is 67.9 Å². The molecule has 0 amide bonds. The normalized spacial score (nSPS) is 13.7. The van der Waals surface area contributed by atoms with Gasteiger partial charge in [-0.05, 0) is 59.5 Å². The van der Waals surface area contributed by atoms with Crippen LogP contribution in [0.2, 0.25) is 0 Å². The van der Waals surface area contributed by atoms with Crippen molar-refractivity contribution in [1.82, 2.24) is 0 Å². The molecule has 0 unspecified atom stereocenters. The average Bonchev–Trinajstić information content (AvgIpc) is 2.92. The maximum Gasteiger partial charge on any atom is 0.260 e. The molecule has 5 aromatic rings. The molecule has 164 valence electrons. The molecule has 0 atom stereocenters. The van der Waals surface area contributed by atoms with Crippen LogP contribution in [0, 0.1) is 0 Å². The van der Waals surface area contributed by atoms with Crippen LogP contribution >= 0.6 is 0 Å². The Morgan fingerprint density at radius 2 is 0.943 bits per heavy atom. The number of nitrogens with zero attached hydrogens (tertiary/aromatic N) is 1. The van der Waals surface area contributed by atoms with Crippen LogP contribution in [0.4, 0.5) is 17.1 Å². The average molecular weight is 451 g/mol. The van der Waals surface area contributed by atoms with E-state index in [0.29, 0.717) is 0 Å². The molecule has 0 aliphatic carbocycles. The van der Waals surface area contributed by atoms with Crippen molar-refractivity contribution in [1.29, 1.82) is 0 Å². The van der Waals surface area contributed by atoms with Gasteiger partial charge in [0.1, 0.15) is 23.0 Å². The van der Waals surface area contributed by atoms with Gasteiger partial charge in [0.05, 0.1) is 17.1 Å². The molecule has 0 saturated heterocycles. The second-order valence-electron chi connectivity index (χ2n) is 8.91. The third-order valence-electron chi connectivity index (χ3n) is 6.99. The van der Waals surface area contributed by atoms with Gasteiger partial charge in [-0.25, -0.2) is 0 Å². The molecule has 5 heteroatoms. The molecule has 0 radical (unpaired) electrons.